The molecule has 2 heteroatoms. The summed E-state index contributed by atoms with van der Waals surface area (Å²) in [4.78, 5) is 0. The molecule has 0 aromatic carbocycles. The van der Waals surface area contributed by atoms with Crippen molar-refractivity contribution in [1.29, 1.82) is 5.26 Å². The molecule has 4 unspecified atom stereocenters. The lowest BCUT2D eigenvalue weighted by molar-refractivity contribution is -0.146. The molecule has 1 N–H and O–H groups in total. The Bertz CT molecular complexity index is 347. The Labute approximate surface area is 91.3 Å². The molecule has 4 saturated carbocycles. The summed E-state index contributed by atoms with van der Waals surface area (Å²) in [6, 6.07) is 2.58. The van der Waals surface area contributed by atoms with Gasteiger partial charge in [-0.1, -0.05) is 6.92 Å². The van der Waals surface area contributed by atoms with Crippen molar-refractivity contribution in [3.63, 3.8) is 0 Å². The van der Waals surface area contributed by atoms with Crippen molar-refractivity contribution in [1.82, 2.24) is 0 Å². The van der Waals surface area contributed by atoms with Gasteiger partial charge in [-0.15, -0.1) is 0 Å². The minimum atomic E-state index is -0.0864. The topological polar surface area (TPSA) is 44.0 Å². The molecular weight excluding hydrogens is 186 g/mol. The van der Waals surface area contributed by atoms with Gasteiger partial charge in [0.05, 0.1) is 11.5 Å². The lowest BCUT2D eigenvalue weighted by Crippen LogP contribution is -2.56. The van der Waals surface area contributed by atoms with Crippen LogP contribution in [0.2, 0.25) is 0 Å². The first kappa shape index (κ1) is 9.66. The van der Waals surface area contributed by atoms with Gasteiger partial charge in [-0.2, -0.15) is 5.26 Å². The minimum Gasteiger partial charge on any atom is -0.396 e. The van der Waals surface area contributed by atoms with E-state index >= 15 is 0 Å². The zero-order chi connectivity index (χ0) is 10.7. The Balaban J connectivity index is 2.04. The van der Waals surface area contributed by atoms with Crippen LogP contribution in [0.3, 0.4) is 0 Å². The molecule has 82 valence electrons. The maximum absolute atomic E-state index is 9.65. The predicted molar refractivity (Wildman–Crippen MR) is 56.9 cm³/mol. The van der Waals surface area contributed by atoms with Crippen LogP contribution in [-0.2, 0) is 0 Å². The van der Waals surface area contributed by atoms with Crippen molar-refractivity contribution in [3.05, 3.63) is 0 Å². The molecule has 0 aliphatic heterocycles. The first-order chi connectivity index (χ1) is 7.03. The van der Waals surface area contributed by atoms with Crippen LogP contribution in [0.25, 0.3) is 0 Å². The standard InChI is InChI=1S/C13H19NO/c1-11-2-10-3-12(5-11,8-14)7-13(4-10,6-11)9-15/h10,15H,2-7,9H2,1H3. The van der Waals surface area contributed by atoms with E-state index in [1.807, 2.05) is 0 Å². The summed E-state index contributed by atoms with van der Waals surface area (Å²) in [6.45, 7) is 2.62. The summed E-state index contributed by atoms with van der Waals surface area (Å²) in [5.41, 5.74) is 0.360. The highest BCUT2D eigenvalue weighted by molar-refractivity contribution is 5.18. The van der Waals surface area contributed by atoms with Crippen molar-refractivity contribution < 1.29 is 5.11 Å². The lowest BCUT2D eigenvalue weighted by atomic mass is 9.40. The lowest BCUT2D eigenvalue weighted by Gasteiger charge is -2.63. The second-order valence-electron chi connectivity index (χ2n) is 6.87. The number of rotatable bonds is 1. The highest BCUT2D eigenvalue weighted by atomic mass is 16.3. The van der Waals surface area contributed by atoms with Crippen LogP contribution in [0.1, 0.15) is 45.4 Å². The molecule has 4 bridgehead atoms. The fourth-order valence-corrected chi connectivity index (χ4v) is 5.44. The van der Waals surface area contributed by atoms with Crippen molar-refractivity contribution >= 4 is 0 Å². The van der Waals surface area contributed by atoms with Gasteiger partial charge in [0.2, 0.25) is 0 Å². The summed E-state index contributed by atoms with van der Waals surface area (Å²) >= 11 is 0. The minimum absolute atomic E-state index is 0.0864. The third-order valence-electron chi connectivity index (χ3n) is 5.04. The number of nitrogens with zero attached hydrogens (tertiary/aromatic N) is 1. The third kappa shape index (κ3) is 1.19. The molecule has 2 nitrogen and oxygen atoms in total. The van der Waals surface area contributed by atoms with Gasteiger partial charge in [-0.25, -0.2) is 0 Å². The maximum atomic E-state index is 9.65. The van der Waals surface area contributed by atoms with Crippen molar-refractivity contribution in [2.45, 2.75) is 45.4 Å². The van der Waals surface area contributed by atoms with Gasteiger partial charge >= 0.3 is 0 Å². The predicted octanol–water partition coefficient (Wildman–Crippen LogP) is 2.48. The van der Waals surface area contributed by atoms with Crippen LogP contribution >= 0.6 is 0 Å². The van der Waals surface area contributed by atoms with Gasteiger partial charge in [0.15, 0.2) is 0 Å². The van der Waals surface area contributed by atoms with E-state index in [2.05, 4.69) is 13.0 Å². The molecule has 0 aromatic rings. The highest BCUT2D eigenvalue weighted by Gasteiger charge is 2.61. The molecule has 0 spiro atoms. The van der Waals surface area contributed by atoms with E-state index in [-0.39, 0.29) is 10.8 Å². The average Bonchev–Trinajstić information content (AvgIpc) is 2.14. The summed E-state index contributed by atoms with van der Waals surface area (Å²) in [6.07, 6.45) is 6.74. The summed E-state index contributed by atoms with van der Waals surface area (Å²) < 4.78 is 0. The Morgan fingerprint density at radius 3 is 2.67 bits per heavy atom. The van der Waals surface area contributed by atoms with Gasteiger partial charge in [0.25, 0.3) is 0 Å². The van der Waals surface area contributed by atoms with Crippen LogP contribution < -0.4 is 0 Å². The van der Waals surface area contributed by atoms with Crippen molar-refractivity contribution in [2.75, 3.05) is 6.61 Å². The molecule has 0 amide bonds. The molecule has 4 fully saturated rings. The number of hydrogen-bond acceptors (Lipinski definition) is 2. The molecule has 15 heavy (non-hydrogen) atoms. The largest absolute Gasteiger partial charge is 0.396 e. The van der Waals surface area contributed by atoms with Crippen LogP contribution in [-0.4, -0.2) is 11.7 Å². The number of nitriles is 1. The van der Waals surface area contributed by atoms with Crippen LogP contribution in [0.5, 0.6) is 0 Å². The van der Waals surface area contributed by atoms with E-state index in [1.165, 1.54) is 12.8 Å². The highest BCUT2D eigenvalue weighted by Crippen LogP contribution is 2.69. The van der Waals surface area contributed by atoms with E-state index in [9.17, 15) is 10.4 Å². The Morgan fingerprint density at radius 1 is 1.27 bits per heavy atom. The number of hydrogen-bond donors (Lipinski definition) is 1. The molecule has 4 aliphatic rings. The monoisotopic (exact) mass is 205 g/mol. The Morgan fingerprint density at radius 2 is 2.07 bits per heavy atom. The zero-order valence-corrected chi connectivity index (χ0v) is 9.42. The maximum Gasteiger partial charge on any atom is 0.0690 e. The van der Waals surface area contributed by atoms with Crippen LogP contribution in [0.4, 0.5) is 0 Å². The van der Waals surface area contributed by atoms with Crippen LogP contribution in [0, 0.1) is 33.5 Å². The Hall–Kier alpha value is -0.550. The van der Waals surface area contributed by atoms with E-state index in [1.54, 1.807) is 0 Å². The fourth-order valence-electron chi connectivity index (χ4n) is 5.44. The molecule has 0 saturated heterocycles. The van der Waals surface area contributed by atoms with E-state index < -0.39 is 0 Å². The molecule has 4 atom stereocenters. The van der Waals surface area contributed by atoms with Gasteiger partial charge in [-0.05, 0) is 55.3 Å². The summed E-state index contributed by atoms with van der Waals surface area (Å²) in [5, 5.41) is 19.1. The first-order valence-corrected chi connectivity index (χ1v) is 6.05. The quantitative estimate of drug-likeness (QED) is 0.714. The first-order valence-electron chi connectivity index (χ1n) is 6.05. The molecule has 0 radical (unpaired) electrons. The van der Waals surface area contributed by atoms with E-state index in [0.717, 1.165) is 25.7 Å². The molecule has 0 aromatic heterocycles. The second kappa shape index (κ2) is 2.58. The molecule has 4 rings (SSSR count). The smallest absolute Gasteiger partial charge is 0.0690 e. The Kier molecular flexibility index (Phi) is 1.66. The van der Waals surface area contributed by atoms with E-state index in [0.29, 0.717) is 17.9 Å². The van der Waals surface area contributed by atoms with Crippen molar-refractivity contribution in [3.8, 4) is 6.07 Å². The second-order valence-corrected chi connectivity index (χ2v) is 6.87. The van der Waals surface area contributed by atoms with Gasteiger partial charge in [0, 0.05) is 6.61 Å². The SMILES string of the molecule is CC12CC3CC(C#N)(C1)CC(CO)(C3)C2. The average molecular weight is 205 g/mol. The number of aliphatic hydroxyl groups excluding tert-OH is 1. The summed E-state index contributed by atoms with van der Waals surface area (Å²) in [7, 11) is 0. The molecule has 4 aliphatic carbocycles. The van der Waals surface area contributed by atoms with Crippen LogP contribution in [0.15, 0.2) is 0 Å². The van der Waals surface area contributed by atoms with E-state index in [4.69, 9.17) is 0 Å². The summed E-state index contributed by atoms with van der Waals surface area (Å²) in [5.74, 6) is 0.707. The normalized spacial score (nSPS) is 56.7. The van der Waals surface area contributed by atoms with Gasteiger partial charge in [-0.3, -0.25) is 0 Å². The van der Waals surface area contributed by atoms with Gasteiger partial charge in [0.1, 0.15) is 0 Å². The molecular formula is C13H19NO. The molecule has 0 heterocycles. The third-order valence-corrected chi connectivity index (χ3v) is 5.04. The zero-order valence-electron chi connectivity index (χ0n) is 9.42. The number of aliphatic hydroxyl groups is 1. The fraction of sp³-hybridized carbons (Fsp3) is 0.923. The van der Waals surface area contributed by atoms with Gasteiger partial charge < -0.3 is 5.11 Å². The van der Waals surface area contributed by atoms with Crippen molar-refractivity contribution in [2.24, 2.45) is 22.2 Å².